The number of likely N-dealkylation sites (tertiary alicyclic amines) is 1. The maximum atomic E-state index is 12.9. The highest BCUT2D eigenvalue weighted by atomic mass is 16.3. The van der Waals surface area contributed by atoms with Gasteiger partial charge in [0.1, 0.15) is 5.82 Å². The number of amides is 1. The lowest BCUT2D eigenvalue weighted by atomic mass is 9.87. The second kappa shape index (κ2) is 7.77. The summed E-state index contributed by atoms with van der Waals surface area (Å²) in [6, 6.07) is 10.1. The molecule has 5 heteroatoms. The monoisotopic (exact) mass is 365 g/mol. The van der Waals surface area contributed by atoms with Crippen molar-refractivity contribution in [1.29, 1.82) is 0 Å². The highest BCUT2D eigenvalue weighted by molar-refractivity contribution is 5.95. The summed E-state index contributed by atoms with van der Waals surface area (Å²) in [5.74, 6) is 1.64. The number of nitrogens with zero attached hydrogens (tertiary/aromatic N) is 3. The third-order valence-electron chi connectivity index (χ3n) is 5.83. The fraction of sp³-hybridized carbons (Fsp3) is 0.500. The molecule has 1 atom stereocenters. The van der Waals surface area contributed by atoms with Gasteiger partial charge in [-0.05, 0) is 50.5 Å². The number of aromatic nitrogens is 2. The predicted octanol–water partition coefficient (Wildman–Crippen LogP) is 3.12. The molecule has 1 saturated carbocycles. The molecule has 1 amide bonds. The summed E-state index contributed by atoms with van der Waals surface area (Å²) in [4.78, 5) is 23.7. The van der Waals surface area contributed by atoms with Crippen molar-refractivity contribution in [2.75, 3.05) is 13.1 Å². The highest BCUT2D eigenvalue weighted by Gasteiger charge is 2.30. The minimum absolute atomic E-state index is 0.0193. The molecule has 2 aliphatic rings. The van der Waals surface area contributed by atoms with Crippen LogP contribution in [0.3, 0.4) is 0 Å². The van der Waals surface area contributed by atoms with Gasteiger partial charge in [-0.15, -0.1) is 0 Å². The smallest absolute Gasteiger partial charge is 0.257 e. The van der Waals surface area contributed by atoms with Crippen molar-refractivity contribution in [2.24, 2.45) is 5.92 Å². The zero-order valence-electron chi connectivity index (χ0n) is 15.8. The van der Waals surface area contributed by atoms with E-state index in [9.17, 15) is 9.90 Å². The van der Waals surface area contributed by atoms with Crippen LogP contribution in [0.2, 0.25) is 0 Å². The molecule has 0 unspecified atom stereocenters. The van der Waals surface area contributed by atoms with Gasteiger partial charge in [0.25, 0.3) is 5.91 Å². The van der Waals surface area contributed by atoms with Gasteiger partial charge in [-0.25, -0.2) is 9.97 Å². The first-order valence-electron chi connectivity index (χ1n) is 9.96. The van der Waals surface area contributed by atoms with Gasteiger partial charge in [0.05, 0.1) is 17.4 Å². The average Bonchev–Trinajstić information content (AvgIpc) is 3.54. The molecule has 1 aromatic carbocycles. The highest BCUT2D eigenvalue weighted by Crippen LogP contribution is 2.38. The number of benzene rings is 1. The first kappa shape index (κ1) is 18.1. The summed E-state index contributed by atoms with van der Waals surface area (Å²) in [7, 11) is 0. The molecule has 2 aromatic rings. The van der Waals surface area contributed by atoms with Crippen LogP contribution < -0.4 is 0 Å². The number of carbonyl (C=O) groups is 1. The van der Waals surface area contributed by atoms with Crippen LogP contribution in [-0.2, 0) is 6.42 Å². The Bertz CT molecular complexity index is 796. The van der Waals surface area contributed by atoms with Gasteiger partial charge in [0.2, 0.25) is 0 Å². The molecule has 1 aliphatic carbocycles. The number of rotatable bonds is 5. The van der Waals surface area contributed by atoms with E-state index in [1.165, 1.54) is 0 Å². The van der Waals surface area contributed by atoms with Crippen LogP contribution in [0.4, 0.5) is 0 Å². The maximum Gasteiger partial charge on any atom is 0.257 e. The van der Waals surface area contributed by atoms with E-state index in [1.54, 1.807) is 6.20 Å². The first-order chi connectivity index (χ1) is 13.1. The molecule has 2 fully saturated rings. The lowest BCUT2D eigenvalue weighted by Crippen LogP contribution is -2.42. The fourth-order valence-electron chi connectivity index (χ4n) is 3.91. The molecular formula is C22H27N3O2. The molecule has 2 heterocycles. The Hall–Kier alpha value is -2.27. The number of aryl methyl sites for hydroxylation is 1. The van der Waals surface area contributed by atoms with Crippen LogP contribution in [0.25, 0.3) is 0 Å². The summed E-state index contributed by atoms with van der Waals surface area (Å²) in [6.45, 7) is 3.26. The van der Waals surface area contributed by atoms with E-state index < -0.39 is 0 Å². The van der Waals surface area contributed by atoms with Crippen LogP contribution in [0.15, 0.2) is 36.5 Å². The van der Waals surface area contributed by atoms with Crippen LogP contribution in [0.1, 0.15) is 59.0 Å². The van der Waals surface area contributed by atoms with E-state index in [0.29, 0.717) is 31.0 Å². The van der Waals surface area contributed by atoms with Gasteiger partial charge in [-0.1, -0.05) is 30.3 Å². The molecule has 142 valence electrons. The summed E-state index contributed by atoms with van der Waals surface area (Å²) in [6.07, 6.45) is 6.01. The molecule has 0 spiro atoms. The van der Waals surface area contributed by atoms with Gasteiger partial charge in [0, 0.05) is 25.2 Å². The molecule has 0 bridgehead atoms. The number of aliphatic hydroxyl groups excluding tert-OH is 1. The standard InChI is InChI=1S/C22H27N3O2/c1-15-19(14-23-21(24-15)18-7-8-18)22(27)25-11-9-17(10-12-25)20(26)13-16-5-3-2-4-6-16/h2-6,14,17-18,20,26H,7-13H2,1H3/t20-/m0/s1. The molecule has 1 N–H and O–H groups in total. The van der Waals surface area contributed by atoms with Gasteiger partial charge in [-0.3, -0.25) is 4.79 Å². The Morgan fingerprint density at radius 3 is 2.52 bits per heavy atom. The van der Waals surface area contributed by atoms with Crippen molar-refractivity contribution in [2.45, 2.75) is 51.0 Å². The lowest BCUT2D eigenvalue weighted by Gasteiger charge is -2.34. The Kier molecular flexibility index (Phi) is 5.21. The summed E-state index contributed by atoms with van der Waals surface area (Å²) in [5.41, 5.74) is 2.55. The second-order valence-corrected chi connectivity index (χ2v) is 7.89. The average molecular weight is 365 g/mol. The number of piperidine rings is 1. The minimum Gasteiger partial charge on any atom is -0.392 e. The second-order valence-electron chi connectivity index (χ2n) is 7.89. The summed E-state index contributed by atoms with van der Waals surface area (Å²) in [5, 5.41) is 10.6. The zero-order valence-corrected chi connectivity index (χ0v) is 15.8. The molecule has 4 rings (SSSR count). The van der Waals surface area contributed by atoms with Crippen LogP contribution in [0, 0.1) is 12.8 Å². The minimum atomic E-state index is -0.354. The quantitative estimate of drug-likeness (QED) is 0.884. The van der Waals surface area contributed by atoms with E-state index >= 15 is 0 Å². The number of carbonyl (C=O) groups excluding carboxylic acids is 1. The van der Waals surface area contributed by atoms with Crippen molar-refractivity contribution >= 4 is 5.91 Å². The van der Waals surface area contributed by atoms with Crippen LogP contribution in [0.5, 0.6) is 0 Å². The van der Waals surface area contributed by atoms with Crippen molar-refractivity contribution in [3.63, 3.8) is 0 Å². The Balaban J connectivity index is 1.34. The van der Waals surface area contributed by atoms with E-state index in [2.05, 4.69) is 22.1 Å². The summed E-state index contributed by atoms with van der Waals surface area (Å²) >= 11 is 0. The van der Waals surface area contributed by atoms with Gasteiger partial charge < -0.3 is 10.0 Å². The zero-order chi connectivity index (χ0) is 18.8. The number of hydrogen-bond donors (Lipinski definition) is 1. The fourth-order valence-corrected chi connectivity index (χ4v) is 3.91. The normalized spacial score (nSPS) is 19.1. The maximum absolute atomic E-state index is 12.9. The third kappa shape index (κ3) is 4.19. The molecule has 27 heavy (non-hydrogen) atoms. The SMILES string of the molecule is Cc1nc(C2CC2)ncc1C(=O)N1CCC([C@@H](O)Cc2ccccc2)CC1. The van der Waals surface area contributed by atoms with Gasteiger partial charge >= 0.3 is 0 Å². The lowest BCUT2D eigenvalue weighted by molar-refractivity contribution is 0.0466. The topological polar surface area (TPSA) is 66.3 Å². The van der Waals surface area contributed by atoms with Crippen molar-refractivity contribution < 1.29 is 9.90 Å². The van der Waals surface area contributed by atoms with E-state index in [1.807, 2.05) is 30.0 Å². The van der Waals surface area contributed by atoms with Gasteiger partial charge in [-0.2, -0.15) is 0 Å². The number of aliphatic hydroxyl groups is 1. The van der Waals surface area contributed by atoms with Crippen LogP contribution >= 0.6 is 0 Å². The van der Waals surface area contributed by atoms with E-state index in [-0.39, 0.29) is 17.9 Å². The Morgan fingerprint density at radius 2 is 1.89 bits per heavy atom. The molecule has 1 aliphatic heterocycles. The third-order valence-corrected chi connectivity index (χ3v) is 5.83. The Morgan fingerprint density at radius 1 is 1.19 bits per heavy atom. The molecule has 0 radical (unpaired) electrons. The first-order valence-corrected chi connectivity index (χ1v) is 9.96. The number of hydrogen-bond acceptors (Lipinski definition) is 4. The largest absolute Gasteiger partial charge is 0.392 e. The Labute approximate surface area is 160 Å². The predicted molar refractivity (Wildman–Crippen MR) is 104 cm³/mol. The summed E-state index contributed by atoms with van der Waals surface area (Å²) < 4.78 is 0. The van der Waals surface area contributed by atoms with Crippen molar-refractivity contribution in [3.05, 3.63) is 59.2 Å². The molecule has 5 nitrogen and oxygen atoms in total. The van der Waals surface area contributed by atoms with Crippen molar-refractivity contribution in [1.82, 2.24) is 14.9 Å². The molecule has 1 aromatic heterocycles. The molecule has 1 saturated heterocycles. The van der Waals surface area contributed by atoms with Crippen LogP contribution in [-0.4, -0.2) is 45.1 Å². The van der Waals surface area contributed by atoms with E-state index in [4.69, 9.17) is 0 Å². The van der Waals surface area contributed by atoms with E-state index in [0.717, 1.165) is 42.8 Å². The van der Waals surface area contributed by atoms with Gasteiger partial charge in [0.15, 0.2) is 0 Å². The van der Waals surface area contributed by atoms with Crippen molar-refractivity contribution in [3.8, 4) is 0 Å². The molecular weight excluding hydrogens is 338 g/mol.